The number of hydrogen-bond acceptors (Lipinski definition) is 5. The van der Waals surface area contributed by atoms with Gasteiger partial charge in [-0.15, -0.1) is 4.94 Å². The van der Waals surface area contributed by atoms with Crippen LogP contribution in [-0.2, 0) is 4.94 Å². The Bertz CT molecular complexity index is 2000. The quantitative estimate of drug-likeness (QED) is 0.220. The molecule has 0 amide bonds. The molecule has 0 N–H and O–H groups in total. The summed E-state index contributed by atoms with van der Waals surface area (Å²) in [7, 11) is 0. The van der Waals surface area contributed by atoms with E-state index in [1.54, 1.807) is 30.1 Å². The Hall–Kier alpha value is -4.26. The molecule has 0 atom stereocenters. The average Bonchev–Trinajstić information content (AvgIpc) is 3.53. The van der Waals surface area contributed by atoms with Crippen LogP contribution in [-0.4, -0.2) is 15.1 Å². The molecule has 1 aliphatic rings. The third-order valence-electron chi connectivity index (χ3n) is 7.00. The van der Waals surface area contributed by atoms with Gasteiger partial charge in [-0.05, 0) is 93.9 Å². The smallest absolute Gasteiger partial charge is 0.137 e. The molecule has 5 nitrogen and oxygen atoms in total. The summed E-state index contributed by atoms with van der Waals surface area (Å²) >= 11 is 1.66. The molecule has 0 unspecified atom stereocenters. The Balaban J connectivity index is 1.28. The van der Waals surface area contributed by atoms with Gasteiger partial charge in [0.1, 0.15) is 5.82 Å². The van der Waals surface area contributed by atoms with E-state index in [9.17, 15) is 0 Å². The van der Waals surface area contributed by atoms with Gasteiger partial charge in [0.15, 0.2) is 0 Å². The van der Waals surface area contributed by atoms with Crippen LogP contribution in [0, 0.1) is 6.85 Å². The zero-order valence-corrected chi connectivity index (χ0v) is 23.3. The third kappa shape index (κ3) is 4.21. The highest BCUT2D eigenvalue weighted by molar-refractivity contribution is 7.99. The van der Waals surface area contributed by atoms with Gasteiger partial charge >= 0.3 is 0 Å². The van der Waals surface area contributed by atoms with Gasteiger partial charge in [-0.25, -0.2) is 10.0 Å². The first-order chi connectivity index (χ1) is 20.6. The van der Waals surface area contributed by atoms with Crippen molar-refractivity contribution >= 4 is 50.6 Å². The number of aromatic nitrogens is 2. The van der Waals surface area contributed by atoms with Crippen molar-refractivity contribution < 1.29 is 9.05 Å². The zero-order chi connectivity index (χ0) is 29.9. The van der Waals surface area contributed by atoms with Gasteiger partial charge in [0, 0.05) is 30.9 Å². The van der Waals surface area contributed by atoms with Crippen LogP contribution in [0.4, 0.5) is 17.1 Å². The van der Waals surface area contributed by atoms with Gasteiger partial charge in [0.05, 0.1) is 33.6 Å². The number of para-hydroxylation sites is 3. The summed E-state index contributed by atoms with van der Waals surface area (Å²) in [4.78, 5) is 13.1. The fourth-order valence-corrected chi connectivity index (χ4v) is 6.16. The van der Waals surface area contributed by atoms with Crippen LogP contribution >= 0.6 is 11.8 Å². The van der Waals surface area contributed by atoms with Crippen molar-refractivity contribution in [3.8, 4) is 5.82 Å². The van der Waals surface area contributed by atoms with Crippen molar-refractivity contribution in [2.24, 2.45) is 0 Å². The number of pyridine rings is 1. The molecule has 4 aromatic carbocycles. The monoisotopic (exact) mass is 545 g/mol. The van der Waals surface area contributed by atoms with Crippen LogP contribution in [0.25, 0.3) is 27.6 Å². The lowest BCUT2D eigenvalue weighted by Gasteiger charge is -2.31. The number of hydroxylamine groups is 1. The number of fused-ring (bicyclic) bond motifs is 4. The SMILES string of the molecule is [2H]C([2H])([2H])c1ccnc(-n2c3ccccc3c3ccc(Sc4cccc(N5ON(C(C)(C)C)c6ccccc65)c4)cc32)c1. The predicted molar refractivity (Wildman–Crippen MR) is 166 cm³/mol. The second kappa shape index (κ2) is 9.44. The van der Waals surface area contributed by atoms with Gasteiger partial charge in [0.2, 0.25) is 0 Å². The lowest BCUT2D eigenvalue weighted by atomic mass is 10.1. The number of nitrogens with zero attached hydrogens (tertiary/aromatic N) is 4. The Morgan fingerprint density at radius 2 is 1.52 bits per heavy atom. The summed E-state index contributed by atoms with van der Waals surface area (Å²) in [6, 6.07) is 34.3. The van der Waals surface area contributed by atoms with Gasteiger partial charge < -0.3 is 0 Å². The summed E-state index contributed by atoms with van der Waals surface area (Å²) in [6.45, 7) is 4.17. The molecule has 0 radical (unpaired) electrons. The van der Waals surface area contributed by atoms with Crippen molar-refractivity contribution in [1.29, 1.82) is 0 Å². The second-order valence-electron chi connectivity index (χ2n) is 10.9. The van der Waals surface area contributed by atoms with Crippen LogP contribution in [0.2, 0.25) is 0 Å². The van der Waals surface area contributed by atoms with Crippen molar-refractivity contribution in [3.63, 3.8) is 0 Å². The fourth-order valence-electron chi connectivity index (χ4n) is 5.26. The minimum atomic E-state index is -2.22. The molecule has 6 heteroatoms. The van der Waals surface area contributed by atoms with E-state index in [0.29, 0.717) is 5.82 Å². The number of anilines is 3. The maximum absolute atomic E-state index is 7.92. The van der Waals surface area contributed by atoms with Gasteiger partial charge in [-0.1, -0.05) is 54.2 Å². The first-order valence-electron chi connectivity index (χ1n) is 14.7. The van der Waals surface area contributed by atoms with Gasteiger partial charge in [-0.3, -0.25) is 4.57 Å². The molecule has 0 saturated carbocycles. The lowest BCUT2D eigenvalue weighted by Crippen LogP contribution is -2.41. The second-order valence-corrected chi connectivity index (χ2v) is 12.0. The molecule has 3 heterocycles. The van der Waals surface area contributed by atoms with Gasteiger partial charge in [-0.2, -0.15) is 5.06 Å². The van der Waals surface area contributed by atoms with E-state index in [-0.39, 0.29) is 11.1 Å². The highest BCUT2D eigenvalue weighted by atomic mass is 32.2. The number of rotatable bonds is 4. The predicted octanol–water partition coefficient (Wildman–Crippen LogP) is 9.24. The molecule has 198 valence electrons. The van der Waals surface area contributed by atoms with E-state index < -0.39 is 6.85 Å². The van der Waals surface area contributed by atoms with Crippen molar-refractivity contribution in [1.82, 2.24) is 9.55 Å². The van der Waals surface area contributed by atoms with E-state index in [1.165, 1.54) is 0 Å². The summed E-state index contributed by atoms with van der Waals surface area (Å²) in [5, 5.41) is 6.00. The molecule has 6 aromatic rings. The topological polar surface area (TPSA) is 33.5 Å². The molecule has 0 saturated heterocycles. The van der Waals surface area contributed by atoms with Crippen LogP contribution in [0.1, 0.15) is 30.4 Å². The number of benzene rings is 4. The average molecular weight is 546 g/mol. The number of aryl methyl sites for hydroxylation is 1. The van der Waals surface area contributed by atoms with Crippen molar-refractivity contribution in [3.05, 3.63) is 115 Å². The van der Waals surface area contributed by atoms with Gasteiger partial charge in [0.25, 0.3) is 0 Å². The first kappa shape index (κ1) is 21.5. The zero-order valence-electron chi connectivity index (χ0n) is 25.5. The van der Waals surface area contributed by atoms with E-state index in [2.05, 4.69) is 84.9 Å². The Morgan fingerprint density at radius 1 is 0.750 bits per heavy atom. The first-order valence-corrected chi connectivity index (χ1v) is 14.1. The highest BCUT2D eigenvalue weighted by Gasteiger charge is 2.35. The standard InChI is InChI=1S/C34H30N4OS/c1-23-18-19-35-33(20-23)36-29-13-6-5-12-27(29)28-17-16-26(22-32(28)36)40-25-11-9-10-24(21-25)37-30-14-7-8-15-31(30)38(39-37)34(2,3)4/h5-22H,1-4H3/i1D3. The third-order valence-corrected chi connectivity index (χ3v) is 7.98. The molecule has 7 rings (SSSR count). The minimum absolute atomic E-state index is 0.219. The summed E-state index contributed by atoms with van der Waals surface area (Å²) in [5.74, 6) is 0.581. The Kier molecular flexibility index (Phi) is 5.08. The maximum atomic E-state index is 7.92. The highest BCUT2D eigenvalue weighted by Crippen LogP contribution is 2.45. The van der Waals surface area contributed by atoms with Crippen LogP contribution in [0.5, 0.6) is 0 Å². The van der Waals surface area contributed by atoms with Crippen molar-refractivity contribution in [2.75, 3.05) is 10.1 Å². The Morgan fingerprint density at radius 3 is 2.38 bits per heavy atom. The van der Waals surface area contributed by atoms with E-state index >= 15 is 0 Å². The van der Waals surface area contributed by atoms with E-state index in [1.807, 2.05) is 46.5 Å². The molecule has 40 heavy (non-hydrogen) atoms. The fraction of sp³-hybridized carbons (Fsp3) is 0.147. The molecule has 0 aliphatic carbocycles. The maximum Gasteiger partial charge on any atom is 0.137 e. The largest absolute Gasteiger partial charge is 0.294 e. The molecule has 0 spiro atoms. The molecule has 0 bridgehead atoms. The normalized spacial score (nSPS) is 14.8. The van der Waals surface area contributed by atoms with Crippen molar-refractivity contribution in [2.45, 2.75) is 43.0 Å². The molecule has 1 aliphatic heterocycles. The minimum Gasteiger partial charge on any atom is -0.294 e. The number of hydrogen-bond donors (Lipinski definition) is 0. The molecular weight excluding hydrogens is 512 g/mol. The van der Waals surface area contributed by atoms with Crippen LogP contribution in [0.3, 0.4) is 0 Å². The van der Waals surface area contributed by atoms with Crippen LogP contribution < -0.4 is 10.1 Å². The Labute approximate surface area is 242 Å². The molecular formula is C34H30N4OS. The van der Waals surface area contributed by atoms with E-state index in [4.69, 9.17) is 9.05 Å². The summed E-state index contributed by atoms with van der Waals surface area (Å²) < 4.78 is 25.8. The molecule has 2 aromatic heterocycles. The summed E-state index contributed by atoms with van der Waals surface area (Å²) in [5.41, 5.74) is 4.95. The lowest BCUT2D eigenvalue weighted by molar-refractivity contribution is 0.0842. The molecule has 0 fully saturated rings. The van der Waals surface area contributed by atoms with E-state index in [0.717, 1.165) is 48.7 Å². The van der Waals surface area contributed by atoms with Crippen LogP contribution in [0.15, 0.2) is 119 Å². The summed E-state index contributed by atoms with van der Waals surface area (Å²) in [6.07, 6.45) is 1.57.